The van der Waals surface area contributed by atoms with Crippen LogP contribution in [0.5, 0.6) is 0 Å². The zero-order chi connectivity index (χ0) is 12.7. The van der Waals surface area contributed by atoms with Crippen LogP contribution >= 0.6 is 0 Å². The average Bonchev–Trinajstić information content (AvgIpc) is 2.77. The standard InChI is InChI=1S/C12H23NO4/c1-12(15,5-7-16-2)9-13-11(14)8-10-4-3-6-17-10/h10,15H,3-9H2,1-2H3,(H,13,14). The van der Waals surface area contributed by atoms with Crippen molar-refractivity contribution in [3.05, 3.63) is 0 Å². The molecule has 0 aromatic rings. The van der Waals surface area contributed by atoms with Crippen LogP contribution in [0.3, 0.4) is 0 Å². The number of hydrogen-bond acceptors (Lipinski definition) is 4. The smallest absolute Gasteiger partial charge is 0.222 e. The van der Waals surface area contributed by atoms with Crippen molar-refractivity contribution in [3.8, 4) is 0 Å². The number of aliphatic hydroxyl groups is 1. The van der Waals surface area contributed by atoms with Gasteiger partial charge >= 0.3 is 0 Å². The Labute approximate surface area is 102 Å². The molecule has 100 valence electrons. The van der Waals surface area contributed by atoms with E-state index in [9.17, 15) is 9.90 Å². The zero-order valence-electron chi connectivity index (χ0n) is 10.7. The third-order valence-electron chi connectivity index (χ3n) is 2.95. The predicted molar refractivity (Wildman–Crippen MR) is 63.7 cm³/mol. The Kier molecular flexibility index (Phi) is 5.88. The van der Waals surface area contributed by atoms with Gasteiger partial charge in [0.15, 0.2) is 0 Å². The first-order valence-corrected chi connectivity index (χ1v) is 6.13. The number of hydrogen-bond donors (Lipinski definition) is 2. The van der Waals surface area contributed by atoms with E-state index in [0.717, 1.165) is 19.4 Å². The predicted octanol–water partition coefficient (Wildman–Crippen LogP) is 0.459. The summed E-state index contributed by atoms with van der Waals surface area (Å²) in [5.41, 5.74) is -0.914. The van der Waals surface area contributed by atoms with Crippen LogP contribution in [0.25, 0.3) is 0 Å². The first kappa shape index (κ1) is 14.4. The summed E-state index contributed by atoms with van der Waals surface area (Å²) >= 11 is 0. The molecule has 1 aliphatic heterocycles. The fourth-order valence-electron chi connectivity index (χ4n) is 1.78. The van der Waals surface area contributed by atoms with Crippen LogP contribution in [0.2, 0.25) is 0 Å². The molecule has 0 radical (unpaired) electrons. The Morgan fingerprint density at radius 3 is 3.00 bits per heavy atom. The Balaban J connectivity index is 2.17. The summed E-state index contributed by atoms with van der Waals surface area (Å²) < 4.78 is 10.3. The van der Waals surface area contributed by atoms with E-state index in [1.807, 2.05) is 0 Å². The van der Waals surface area contributed by atoms with E-state index in [-0.39, 0.29) is 18.6 Å². The molecule has 1 fully saturated rings. The summed E-state index contributed by atoms with van der Waals surface area (Å²) in [4.78, 5) is 11.6. The molecule has 2 N–H and O–H groups in total. The minimum absolute atomic E-state index is 0.0546. The highest BCUT2D eigenvalue weighted by Crippen LogP contribution is 2.15. The van der Waals surface area contributed by atoms with E-state index >= 15 is 0 Å². The Bertz CT molecular complexity index is 237. The Morgan fingerprint density at radius 1 is 1.65 bits per heavy atom. The van der Waals surface area contributed by atoms with Crippen molar-refractivity contribution in [2.24, 2.45) is 0 Å². The summed E-state index contributed by atoms with van der Waals surface area (Å²) in [6, 6.07) is 0. The van der Waals surface area contributed by atoms with E-state index in [4.69, 9.17) is 9.47 Å². The van der Waals surface area contributed by atoms with Crippen LogP contribution in [0.4, 0.5) is 0 Å². The second kappa shape index (κ2) is 6.93. The molecule has 0 spiro atoms. The zero-order valence-corrected chi connectivity index (χ0v) is 10.7. The van der Waals surface area contributed by atoms with Crippen molar-refractivity contribution < 1.29 is 19.4 Å². The number of carbonyl (C=O) groups is 1. The largest absolute Gasteiger partial charge is 0.388 e. The quantitative estimate of drug-likeness (QED) is 0.684. The third kappa shape index (κ3) is 6.00. The van der Waals surface area contributed by atoms with E-state index in [1.165, 1.54) is 0 Å². The van der Waals surface area contributed by atoms with Crippen molar-refractivity contribution in [3.63, 3.8) is 0 Å². The summed E-state index contributed by atoms with van der Waals surface area (Å²) in [5, 5.41) is 12.7. The molecule has 1 saturated heterocycles. The number of carbonyl (C=O) groups excluding carboxylic acids is 1. The molecule has 5 nitrogen and oxygen atoms in total. The van der Waals surface area contributed by atoms with Crippen LogP contribution in [0, 0.1) is 0 Å². The SMILES string of the molecule is COCCC(C)(O)CNC(=O)CC1CCCO1. The lowest BCUT2D eigenvalue weighted by Gasteiger charge is -2.23. The first-order valence-electron chi connectivity index (χ1n) is 6.13. The van der Waals surface area contributed by atoms with Gasteiger partial charge in [0.25, 0.3) is 0 Å². The molecule has 0 aliphatic carbocycles. The van der Waals surface area contributed by atoms with Crippen molar-refractivity contribution in [1.29, 1.82) is 0 Å². The molecular formula is C12H23NO4. The van der Waals surface area contributed by atoms with Crippen LogP contribution in [-0.4, -0.2) is 49.6 Å². The van der Waals surface area contributed by atoms with Gasteiger partial charge in [-0.25, -0.2) is 0 Å². The molecule has 17 heavy (non-hydrogen) atoms. The average molecular weight is 245 g/mol. The molecular weight excluding hydrogens is 222 g/mol. The monoisotopic (exact) mass is 245 g/mol. The second-order valence-electron chi connectivity index (χ2n) is 4.86. The molecule has 0 saturated carbocycles. The molecule has 2 atom stereocenters. The highest BCUT2D eigenvalue weighted by atomic mass is 16.5. The van der Waals surface area contributed by atoms with Gasteiger partial charge in [0.1, 0.15) is 0 Å². The second-order valence-corrected chi connectivity index (χ2v) is 4.86. The molecule has 1 amide bonds. The number of methoxy groups -OCH3 is 1. The maximum absolute atomic E-state index is 11.6. The molecule has 2 unspecified atom stereocenters. The van der Waals surface area contributed by atoms with Crippen LogP contribution in [0.1, 0.15) is 32.6 Å². The van der Waals surface area contributed by atoms with E-state index in [0.29, 0.717) is 19.4 Å². The Hall–Kier alpha value is -0.650. The normalized spacial score (nSPS) is 23.4. The molecule has 0 bridgehead atoms. The fraction of sp³-hybridized carbons (Fsp3) is 0.917. The van der Waals surface area contributed by atoms with Gasteiger partial charge in [-0.1, -0.05) is 0 Å². The highest BCUT2D eigenvalue weighted by molar-refractivity contribution is 5.76. The minimum atomic E-state index is -0.914. The number of nitrogens with one attached hydrogen (secondary N) is 1. The molecule has 1 aliphatic rings. The first-order chi connectivity index (χ1) is 8.03. The van der Waals surface area contributed by atoms with Gasteiger partial charge in [0.05, 0.1) is 18.1 Å². The Morgan fingerprint density at radius 2 is 2.41 bits per heavy atom. The summed E-state index contributed by atoms with van der Waals surface area (Å²) in [5.74, 6) is -0.0606. The van der Waals surface area contributed by atoms with E-state index in [1.54, 1.807) is 14.0 Å². The van der Waals surface area contributed by atoms with E-state index < -0.39 is 5.60 Å². The summed E-state index contributed by atoms with van der Waals surface area (Å²) in [7, 11) is 1.59. The lowest BCUT2D eigenvalue weighted by molar-refractivity contribution is -0.124. The number of ether oxygens (including phenoxy) is 2. The van der Waals surface area contributed by atoms with Crippen LogP contribution in [0.15, 0.2) is 0 Å². The van der Waals surface area contributed by atoms with Gasteiger partial charge in [-0.05, 0) is 19.8 Å². The lowest BCUT2D eigenvalue weighted by Crippen LogP contribution is -2.42. The minimum Gasteiger partial charge on any atom is -0.388 e. The van der Waals surface area contributed by atoms with Crippen LogP contribution < -0.4 is 5.32 Å². The van der Waals surface area contributed by atoms with Gasteiger partial charge in [0.2, 0.25) is 5.91 Å². The van der Waals surface area contributed by atoms with Gasteiger partial charge in [-0.2, -0.15) is 0 Å². The summed E-state index contributed by atoms with van der Waals surface area (Å²) in [6.45, 7) is 3.18. The van der Waals surface area contributed by atoms with E-state index in [2.05, 4.69) is 5.32 Å². The van der Waals surface area contributed by atoms with Gasteiger partial charge in [-0.15, -0.1) is 0 Å². The van der Waals surface area contributed by atoms with Gasteiger partial charge in [0, 0.05) is 33.3 Å². The van der Waals surface area contributed by atoms with Crippen LogP contribution in [-0.2, 0) is 14.3 Å². The molecule has 1 heterocycles. The molecule has 0 aromatic carbocycles. The van der Waals surface area contributed by atoms with Gasteiger partial charge < -0.3 is 19.9 Å². The maximum Gasteiger partial charge on any atom is 0.222 e. The van der Waals surface area contributed by atoms with Crippen molar-refractivity contribution in [1.82, 2.24) is 5.32 Å². The third-order valence-corrected chi connectivity index (χ3v) is 2.95. The topological polar surface area (TPSA) is 67.8 Å². The number of rotatable bonds is 7. The summed E-state index contributed by atoms with van der Waals surface area (Å²) in [6.07, 6.45) is 2.93. The number of amides is 1. The maximum atomic E-state index is 11.6. The molecule has 0 aromatic heterocycles. The van der Waals surface area contributed by atoms with Gasteiger partial charge in [-0.3, -0.25) is 4.79 Å². The van der Waals surface area contributed by atoms with Crippen molar-refractivity contribution in [2.45, 2.75) is 44.3 Å². The highest BCUT2D eigenvalue weighted by Gasteiger charge is 2.23. The van der Waals surface area contributed by atoms with Crippen molar-refractivity contribution >= 4 is 5.91 Å². The molecule has 1 rings (SSSR count). The van der Waals surface area contributed by atoms with Crippen molar-refractivity contribution in [2.75, 3.05) is 26.9 Å². The molecule has 5 heteroatoms. The lowest BCUT2D eigenvalue weighted by atomic mass is 10.0. The fourth-order valence-corrected chi connectivity index (χ4v) is 1.78.